The molecular weight excluding hydrogens is 225 g/mol. The Bertz CT molecular complexity index is 439. The minimum atomic E-state index is -4.55. The minimum absolute atomic E-state index is 0.487. The summed E-state index contributed by atoms with van der Waals surface area (Å²) in [4.78, 5) is 14.0. The van der Waals surface area contributed by atoms with E-state index in [0.29, 0.717) is 6.20 Å². The molecule has 0 bridgehead atoms. The van der Waals surface area contributed by atoms with Gasteiger partial charge < -0.3 is 5.73 Å². The molecule has 86 valence electrons. The number of halogens is 3. The van der Waals surface area contributed by atoms with E-state index in [1.807, 2.05) is 0 Å². The largest absolute Gasteiger partial charge is 0.417 e. The summed E-state index contributed by atoms with van der Waals surface area (Å²) in [5.41, 5.74) is 3.83. The van der Waals surface area contributed by atoms with Crippen LogP contribution in [-0.4, -0.2) is 21.1 Å². The van der Waals surface area contributed by atoms with Crippen LogP contribution in [0.5, 0.6) is 0 Å². The summed E-state index contributed by atoms with van der Waals surface area (Å²) in [6, 6.07) is 1.87. The average Bonchev–Trinajstić information content (AvgIpc) is 2.26. The number of rotatable bonds is 1. The second kappa shape index (κ2) is 4.60. The molecule has 0 aliphatic heterocycles. The van der Waals surface area contributed by atoms with Gasteiger partial charge in [-0.25, -0.2) is 4.98 Å². The third-order valence-electron chi connectivity index (χ3n) is 1.49. The fourth-order valence-corrected chi connectivity index (χ4v) is 0.782. The number of primary amides is 1. The number of alkyl halides is 3. The molecule has 0 aliphatic rings. The molecule has 0 radical (unpaired) electrons. The summed E-state index contributed by atoms with van der Waals surface area (Å²) in [6.45, 7) is 0. The Morgan fingerprint density at radius 2 is 2.12 bits per heavy atom. The number of H-pyrrole nitrogens is 1. The highest BCUT2D eigenvalue weighted by Crippen LogP contribution is 2.27. The van der Waals surface area contributed by atoms with E-state index in [4.69, 9.17) is 5.73 Å². The molecule has 0 unspecified atom stereocenters. The predicted octanol–water partition coefficient (Wildman–Crippen LogP) is 1.05. The first kappa shape index (κ1) is 12.0. The number of nitrogens with two attached hydrogens (primary N) is 1. The SMILES string of the molecule is NC(=O)c1ncc(C(F)(F)F)ccc[nH]n1. The van der Waals surface area contributed by atoms with Gasteiger partial charge in [-0.3, -0.25) is 9.89 Å². The van der Waals surface area contributed by atoms with Crippen LogP contribution in [0, 0.1) is 0 Å². The topological polar surface area (TPSA) is 84.7 Å². The van der Waals surface area contributed by atoms with Gasteiger partial charge in [0.25, 0.3) is 5.91 Å². The molecule has 1 aromatic heterocycles. The molecule has 8 heteroatoms. The molecule has 0 atom stereocenters. The standard InChI is InChI=1S/C8H7F3N4O/c9-8(10,11)5-2-1-3-14-15-7(6(12)16)13-4-5/h1-4,14H,(H2,12,16). The van der Waals surface area contributed by atoms with Crippen molar-refractivity contribution in [3.63, 3.8) is 0 Å². The summed E-state index contributed by atoms with van der Waals surface area (Å²) in [5, 5.41) is 5.58. The van der Waals surface area contributed by atoms with E-state index in [2.05, 4.69) is 15.2 Å². The highest BCUT2D eigenvalue weighted by atomic mass is 19.4. The third-order valence-corrected chi connectivity index (χ3v) is 1.49. The Hall–Kier alpha value is -2.12. The van der Waals surface area contributed by atoms with Gasteiger partial charge in [0.1, 0.15) is 0 Å². The van der Waals surface area contributed by atoms with Crippen LogP contribution in [0.15, 0.2) is 24.5 Å². The lowest BCUT2D eigenvalue weighted by Crippen LogP contribution is -2.14. The van der Waals surface area contributed by atoms with E-state index in [-0.39, 0.29) is 0 Å². The Kier molecular flexibility index (Phi) is 3.44. The van der Waals surface area contributed by atoms with E-state index in [1.54, 1.807) is 0 Å². The lowest BCUT2D eigenvalue weighted by molar-refractivity contribution is -0.137. The van der Waals surface area contributed by atoms with Crippen molar-refractivity contribution in [2.75, 3.05) is 0 Å². The van der Waals surface area contributed by atoms with Gasteiger partial charge in [-0.2, -0.15) is 13.2 Å². The summed E-state index contributed by atoms with van der Waals surface area (Å²) in [5.74, 6) is -1.57. The molecule has 1 aromatic rings. The van der Waals surface area contributed by atoms with Crippen LogP contribution in [-0.2, 0) is 6.18 Å². The van der Waals surface area contributed by atoms with Crippen molar-refractivity contribution in [1.29, 1.82) is 0 Å². The monoisotopic (exact) mass is 232 g/mol. The maximum Gasteiger partial charge on any atom is 0.417 e. The van der Waals surface area contributed by atoms with Gasteiger partial charge in [0, 0.05) is 12.4 Å². The highest BCUT2D eigenvalue weighted by Gasteiger charge is 2.30. The normalized spacial score (nSPS) is 10.7. The second-order valence-corrected chi connectivity index (χ2v) is 2.67. The maximum absolute atomic E-state index is 12.3. The molecule has 1 rings (SSSR count). The van der Waals surface area contributed by atoms with Crippen LogP contribution in [0.25, 0.3) is 0 Å². The van der Waals surface area contributed by atoms with Crippen molar-refractivity contribution in [2.24, 2.45) is 5.73 Å². The van der Waals surface area contributed by atoms with Crippen LogP contribution >= 0.6 is 0 Å². The molecule has 0 aliphatic carbocycles. The Labute approximate surface area is 87.8 Å². The lowest BCUT2D eigenvalue weighted by atomic mass is 10.3. The molecule has 0 fully saturated rings. The number of hydrogen-bond acceptors (Lipinski definition) is 3. The van der Waals surface area contributed by atoms with Gasteiger partial charge in [-0.1, -0.05) is 0 Å². The number of amides is 1. The Balaban J connectivity index is 3.37. The van der Waals surface area contributed by atoms with Crippen molar-refractivity contribution >= 4 is 5.91 Å². The molecule has 1 heterocycles. The van der Waals surface area contributed by atoms with E-state index in [1.165, 1.54) is 0 Å². The first-order chi connectivity index (χ1) is 7.41. The van der Waals surface area contributed by atoms with Crippen molar-refractivity contribution in [1.82, 2.24) is 15.2 Å². The van der Waals surface area contributed by atoms with Crippen LogP contribution in [0.4, 0.5) is 13.2 Å². The smallest absolute Gasteiger partial charge is 0.363 e. The van der Waals surface area contributed by atoms with Crippen molar-refractivity contribution < 1.29 is 18.0 Å². The van der Waals surface area contributed by atoms with Crippen LogP contribution in [0.3, 0.4) is 0 Å². The third kappa shape index (κ3) is 3.23. The van der Waals surface area contributed by atoms with Gasteiger partial charge in [-0.05, 0) is 12.1 Å². The Morgan fingerprint density at radius 3 is 2.69 bits per heavy atom. The number of aromatic amines is 1. The quantitative estimate of drug-likeness (QED) is 0.758. The zero-order chi connectivity index (χ0) is 12.2. The zero-order valence-corrected chi connectivity index (χ0v) is 7.82. The fourth-order valence-electron chi connectivity index (χ4n) is 0.782. The van der Waals surface area contributed by atoms with Crippen molar-refractivity contribution in [2.45, 2.75) is 6.18 Å². The lowest BCUT2D eigenvalue weighted by Gasteiger charge is -2.02. The molecule has 0 saturated carbocycles. The number of hydrogen-bond donors (Lipinski definition) is 2. The molecule has 5 nitrogen and oxygen atoms in total. The molecule has 0 spiro atoms. The van der Waals surface area contributed by atoms with Gasteiger partial charge in [0.05, 0.1) is 5.56 Å². The van der Waals surface area contributed by atoms with Crippen LogP contribution < -0.4 is 5.73 Å². The maximum atomic E-state index is 12.3. The molecule has 1 amide bonds. The van der Waals surface area contributed by atoms with E-state index >= 15 is 0 Å². The van der Waals surface area contributed by atoms with Gasteiger partial charge >= 0.3 is 6.18 Å². The molecule has 16 heavy (non-hydrogen) atoms. The molecule has 0 aromatic carbocycles. The van der Waals surface area contributed by atoms with Crippen LogP contribution in [0.2, 0.25) is 0 Å². The first-order valence-corrected chi connectivity index (χ1v) is 4.02. The summed E-state index contributed by atoms with van der Waals surface area (Å²) >= 11 is 0. The predicted molar refractivity (Wildman–Crippen MR) is 47.5 cm³/mol. The zero-order valence-electron chi connectivity index (χ0n) is 7.82. The Morgan fingerprint density at radius 1 is 1.44 bits per heavy atom. The number of nitrogens with zero attached hydrogens (tertiary/aromatic N) is 2. The molecular formula is C8H7F3N4O. The highest BCUT2D eigenvalue weighted by molar-refractivity contribution is 5.88. The summed E-state index contributed by atoms with van der Waals surface area (Å²) in [7, 11) is 0. The van der Waals surface area contributed by atoms with Crippen molar-refractivity contribution in [3.05, 3.63) is 35.9 Å². The van der Waals surface area contributed by atoms with E-state index < -0.39 is 23.5 Å². The van der Waals surface area contributed by atoms with Gasteiger partial charge in [0.2, 0.25) is 5.82 Å². The summed E-state index contributed by atoms with van der Waals surface area (Å²) < 4.78 is 37.0. The van der Waals surface area contributed by atoms with Gasteiger partial charge in [-0.15, -0.1) is 5.10 Å². The number of carbonyl (C=O) groups excluding carboxylic acids is 1. The number of aromatic nitrogens is 3. The van der Waals surface area contributed by atoms with Crippen molar-refractivity contribution in [3.8, 4) is 0 Å². The van der Waals surface area contributed by atoms with Gasteiger partial charge in [0.15, 0.2) is 0 Å². The minimum Gasteiger partial charge on any atom is -0.363 e. The first-order valence-electron chi connectivity index (χ1n) is 4.02. The van der Waals surface area contributed by atoms with E-state index in [0.717, 1.165) is 18.3 Å². The number of carbonyl (C=O) groups is 1. The fraction of sp³-hybridized carbons (Fsp3) is 0.125. The molecule has 0 saturated heterocycles. The van der Waals surface area contributed by atoms with Crippen LogP contribution in [0.1, 0.15) is 16.2 Å². The second-order valence-electron chi connectivity index (χ2n) is 2.67. The van der Waals surface area contributed by atoms with E-state index in [9.17, 15) is 18.0 Å². The summed E-state index contributed by atoms with van der Waals surface area (Å²) in [6.07, 6.45) is -2.95. The molecule has 3 N–H and O–H groups in total. The average molecular weight is 232 g/mol. The number of nitrogens with one attached hydrogen (secondary N) is 1.